The van der Waals surface area contributed by atoms with E-state index in [4.69, 9.17) is 9.47 Å². The van der Waals surface area contributed by atoms with E-state index in [0.717, 1.165) is 25.7 Å². The van der Waals surface area contributed by atoms with Gasteiger partial charge in [0.05, 0.1) is 13.2 Å². The third-order valence-corrected chi connectivity index (χ3v) is 5.51. The summed E-state index contributed by atoms with van der Waals surface area (Å²) in [5, 5.41) is 19.3. The van der Waals surface area contributed by atoms with Gasteiger partial charge < -0.3 is 19.7 Å². The molecular weight excluding hydrogens is 360 g/mol. The van der Waals surface area contributed by atoms with Gasteiger partial charge >= 0.3 is 11.9 Å². The number of hydrogen-bond acceptors (Lipinski definition) is 6. The van der Waals surface area contributed by atoms with Gasteiger partial charge in [-0.25, -0.2) is 0 Å². The largest absolute Gasteiger partial charge is 0.457 e. The molecule has 28 heavy (non-hydrogen) atoms. The third-order valence-electron chi connectivity index (χ3n) is 5.51. The molecule has 0 heterocycles. The maximum Gasteiger partial charge on any atom is 0.306 e. The highest BCUT2D eigenvalue weighted by Crippen LogP contribution is 2.25. The molecule has 2 N–H and O–H groups in total. The first-order chi connectivity index (χ1) is 13.4. The van der Waals surface area contributed by atoms with Crippen molar-refractivity contribution in [2.24, 2.45) is 0 Å². The number of hydrogen-bond donors (Lipinski definition) is 2. The summed E-state index contributed by atoms with van der Waals surface area (Å²) in [5.41, 5.74) is -1.57. The lowest BCUT2D eigenvalue weighted by Crippen LogP contribution is -2.38. The molecule has 0 radical (unpaired) electrons. The van der Waals surface area contributed by atoms with Crippen molar-refractivity contribution >= 4 is 11.9 Å². The Morgan fingerprint density at radius 3 is 1.29 bits per heavy atom. The predicted molar refractivity (Wildman–Crippen MR) is 110 cm³/mol. The number of aliphatic hydroxyl groups is 2. The molecule has 0 aliphatic rings. The van der Waals surface area contributed by atoms with E-state index < -0.39 is 11.2 Å². The van der Waals surface area contributed by atoms with Gasteiger partial charge in [0, 0.05) is 12.8 Å². The molecule has 0 bridgehead atoms. The minimum Gasteiger partial charge on any atom is -0.457 e. The molecule has 166 valence electrons. The van der Waals surface area contributed by atoms with Crippen molar-refractivity contribution in [1.82, 2.24) is 0 Å². The summed E-state index contributed by atoms with van der Waals surface area (Å²) in [6.07, 6.45) is 7.73. The second-order valence-electron chi connectivity index (χ2n) is 7.75. The summed E-state index contributed by atoms with van der Waals surface area (Å²) in [6, 6.07) is 0. The third kappa shape index (κ3) is 9.87. The van der Waals surface area contributed by atoms with Gasteiger partial charge in [-0.05, 0) is 51.4 Å². The van der Waals surface area contributed by atoms with Gasteiger partial charge in [-0.1, -0.05) is 40.5 Å². The normalized spacial score (nSPS) is 15.5. The Kier molecular flexibility index (Phi) is 14.2. The van der Waals surface area contributed by atoms with E-state index in [1.165, 1.54) is 0 Å². The molecule has 0 saturated carbocycles. The predicted octanol–water partition coefficient (Wildman–Crippen LogP) is 4.30. The number of rotatable bonds is 17. The SMILES string of the molecule is CCCCC(CC)(CO)OC(=O)CCCCC(=O)OC(CC)(CO)CCCC. The van der Waals surface area contributed by atoms with Gasteiger partial charge in [-0.2, -0.15) is 0 Å². The maximum absolute atomic E-state index is 12.1. The maximum atomic E-state index is 12.1. The van der Waals surface area contributed by atoms with Crippen LogP contribution in [0.3, 0.4) is 0 Å². The Hall–Kier alpha value is -1.14. The molecule has 0 aromatic carbocycles. The highest BCUT2D eigenvalue weighted by Gasteiger charge is 2.32. The number of carbonyl (C=O) groups is 2. The molecule has 2 unspecified atom stereocenters. The molecule has 0 aromatic rings. The molecule has 0 amide bonds. The summed E-state index contributed by atoms with van der Waals surface area (Å²) >= 11 is 0. The lowest BCUT2D eigenvalue weighted by Gasteiger charge is -2.31. The van der Waals surface area contributed by atoms with Crippen molar-refractivity contribution in [3.63, 3.8) is 0 Å². The van der Waals surface area contributed by atoms with E-state index in [1.807, 2.05) is 13.8 Å². The van der Waals surface area contributed by atoms with Gasteiger partial charge in [0.2, 0.25) is 0 Å². The van der Waals surface area contributed by atoms with Crippen LogP contribution in [-0.2, 0) is 19.1 Å². The minimum absolute atomic E-state index is 0.167. The molecule has 6 heteroatoms. The van der Waals surface area contributed by atoms with Crippen LogP contribution in [0.2, 0.25) is 0 Å². The van der Waals surface area contributed by atoms with Crippen LogP contribution >= 0.6 is 0 Å². The fraction of sp³-hybridized carbons (Fsp3) is 0.909. The molecule has 0 fully saturated rings. The Bertz CT molecular complexity index is 387. The van der Waals surface area contributed by atoms with Gasteiger partial charge in [-0.3, -0.25) is 9.59 Å². The van der Waals surface area contributed by atoms with Crippen LogP contribution < -0.4 is 0 Å². The van der Waals surface area contributed by atoms with Crippen molar-refractivity contribution in [3.05, 3.63) is 0 Å². The molecular formula is C22H42O6. The first-order valence-electron chi connectivity index (χ1n) is 11.0. The van der Waals surface area contributed by atoms with Gasteiger partial charge in [-0.15, -0.1) is 0 Å². The van der Waals surface area contributed by atoms with Crippen molar-refractivity contribution in [2.45, 2.75) is 116 Å². The van der Waals surface area contributed by atoms with E-state index in [2.05, 4.69) is 13.8 Å². The van der Waals surface area contributed by atoms with Gasteiger partial charge in [0.1, 0.15) is 11.2 Å². The van der Waals surface area contributed by atoms with E-state index in [1.54, 1.807) is 0 Å². The average Bonchev–Trinajstić information content (AvgIpc) is 2.71. The van der Waals surface area contributed by atoms with E-state index >= 15 is 0 Å². The highest BCUT2D eigenvalue weighted by atomic mass is 16.6. The van der Waals surface area contributed by atoms with Crippen LogP contribution in [0, 0.1) is 0 Å². The molecule has 0 spiro atoms. The Morgan fingerprint density at radius 1 is 0.679 bits per heavy atom. The van der Waals surface area contributed by atoms with E-state index in [-0.39, 0.29) is 38.0 Å². The minimum atomic E-state index is -0.785. The van der Waals surface area contributed by atoms with Crippen LogP contribution in [0.15, 0.2) is 0 Å². The van der Waals surface area contributed by atoms with Crippen LogP contribution in [-0.4, -0.2) is 46.6 Å². The van der Waals surface area contributed by atoms with Crippen molar-refractivity contribution in [3.8, 4) is 0 Å². The summed E-state index contributed by atoms with van der Waals surface area (Å²) in [7, 11) is 0. The fourth-order valence-corrected chi connectivity index (χ4v) is 3.17. The molecule has 0 aliphatic carbocycles. The zero-order chi connectivity index (χ0) is 21.5. The average molecular weight is 403 g/mol. The standard InChI is InChI=1S/C22H42O6/c1-5-9-15-21(7-3,17-23)27-19(25)13-11-12-14-20(26)28-22(8-4,18-24)16-10-6-2/h23-24H,5-18H2,1-4H3. The van der Waals surface area contributed by atoms with E-state index in [9.17, 15) is 19.8 Å². The lowest BCUT2D eigenvalue weighted by molar-refractivity contribution is -0.168. The highest BCUT2D eigenvalue weighted by molar-refractivity contribution is 5.71. The number of esters is 2. The number of ether oxygens (including phenoxy) is 2. The topological polar surface area (TPSA) is 93.1 Å². The summed E-state index contributed by atoms with van der Waals surface area (Å²) in [4.78, 5) is 24.3. The summed E-state index contributed by atoms with van der Waals surface area (Å²) in [6.45, 7) is 7.61. The Balaban J connectivity index is 4.35. The molecule has 0 aliphatic heterocycles. The first-order valence-corrected chi connectivity index (χ1v) is 11.0. The smallest absolute Gasteiger partial charge is 0.306 e. The van der Waals surface area contributed by atoms with Gasteiger partial charge in [0.25, 0.3) is 0 Å². The Morgan fingerprint density at radius 2 is 1.04 bits per heavy atom. The van der Waals surface area contributed by atoms with Crippen LogP contribution in [0.25, 0.3) is 0 Å². The van der Waals surface area contributed by atoms with Crippen LogP contribution in [0.5, 0.6) is 0 Å². The Labute approximate surface area is 171 Å². The molecule has 0 saturated heterocycles. The number of unbranched alkanes of at least 4 members (excludes halogenated alkanes) is 3. The zero-order valence-corrected chi connectivity index (χ0v) is 18.4. The summed E-state index contributed by atoms with van der Waals surface area (Å²) in [5.74, 6) is -0.664. The van der Waals surface area contributed by atoms with Gasteiger partial charge in [0.15, 0.2) is 0 Å². The first kappa shape index (κ1) is 26.9. The molecule has 0 aromatic heterocycles. The number of aliphatic hydroxyl groups excluding tert-OH is 2. The van der Waals surface area contributed by atoms with E-state index in [0.29, 0.717) is 38.5 Å². The quantitative estimate of drug-likeness (QED) is 0.278. The second-order valence-corrected chi connectivity index (χ2v) is 7.75. The molecule has 0 rings (SSSR count). The number of carbonyl (C=O) groups excluding carboxylic acids is 2. The molecule has 6 nitrogen and oxygen atoms in total. The van der Waals surface area contributed by atoms with Crippen LogP contribution in [0.4, 0.5) is 0 Å². The lowest BCUT2D eigenvalue weighted by atomic mass is 9.94. The monoisotopic (exact) mass is 402 g/mol. The van der Waals surface area contributed by atoms with Crippen molar-refractivity contribution in [1.29, 1.82) is 0 Å². The van der Waals surface area contributed by atoms with Crippen LogP contribution in [0.1, 0.15) is 105 Å². The summed E-state index contributed by atoms with van der Waals surface area (Å²) < 4.78 is 11.1. The fourth-order valence-electron chi connectivity index (χ4n) is 3.17. The van der Waals surface area contributed by atoms with Crippen molar-refractivity contribution < 1.29 is 29.3 Å². The zero-order valence-electron chi connectivity index (χ0n) is 18.4. The second kappa shape index (κ2) is 14.8. The van der Waals surface area contributed by atoms with Crippen molar-refractivity contribution in [2.75, 3.05) is 13.2 Å². The molecule has 2 atom stereocenters.